The molecule has 0 aromatic heterocycles. The molecule has 0 saturated heterocycles. The summed E-state index contributed by atoms with van der Waals surface area (Å²) in [6.07, 6.45) is 8.22. The lowest BCUT2D eigenvalue weighted by Gasteiger charge is -2.15. The first kappa shape index (κ1) is 8.76. The van der Waals surface area contributed by atoms with E-state index >= 15 is 0 Å². The highest BCUT2D eigenvalue weighted by Crippen LogP contribution is 2.32. The zero-order valence-electron chi connectivity index (χ0n) is 7.09. The van der Waals surface area contributed by atoms with Crippen LogP contribution < -0.4 is 0 Å². The predicted octanol–water partition coefficient (Wildman–Crippen LogP) is 2.61. The van der Waals surface area contributed by atoms with Gasteiger partial charge in [0.15, 0.2) is 0 Å². The maximum Gasteiger partial charge on any atom is 0.123 e. The van der Waals surface area contributed by atoms with Crippen LogP contribution in [-0.4, -0.2) is 6.29 Å². The summed E-state index contributed by atoms with van der Waals surface area (Å²) >= 11 is 0. The minimum atomic E-state index is 0.315. The molecular formula is C10H17O. The molecule has 0 aliphatic heterocycles. The Kier molecular flexibility index (Phi) is 3.61. The van der Waals surface area contributed by atoms with E-state index in [0.29, 0.717) is 11.8 Å². The van der Waals surface area contributed by atoms with Crippen molar-refractivity contribution in [1.82, 2.24) is 0 Å². The molecular weight excluding hydrogens is 136 g/mol. The van der Waals surface area contributed by atoms with Crippen molar-refractivity contribution in [3.63, 3.8) is 0 Å². The third-order valence-corrected chi connectivity index (χ3v) is 2.72. The fraction of sp³-hybridized carbons (Fsp3) is 0.800. The molecule has 1 rings (SSSR count). The Hall–Kier alpha value is -0.330. The topological polar surface area (TPSA) is 17.1 Å². The van der Waals surface area contributed by atoms with Gasteiger partial charge < -0.3 is 4.79 Å². The second-order valence-corrected chi connectivity index (χ2v) is 3.49. The molecule has 0 aromatic rings. The summed E-state index contributed by atoms with van der Waals surface area (Å²) < 4.78 is 0. The first-order chi connectivity index (χ1) is 5.38. The Morgan fingerprint density at radius 2 is 2.09 bits per heavy atom. The Bertz CT molecular complexity index is 114. The van der Waals surface area contributed by atoms with Crippen molar-refractivity contribution in [1.29, 1.82) is 0 Å². The Labute approximate surface area is 69.2 Å². The lowest BCUT2D eigenvalue weighted by molar-refractivity contribution is -0.112. The first-order valence-electron chi connectivity index (χ1n) is 4.63. The van der Waals surface area contributed by atoms with E-state index in [-0.39, 0.29) is 0 Å². The Morgan fingerprint density at radius 3 is 2.55 bits per heavy atom. The van der Waals surface area contributed by atoms with Crippen LogP contribution in [0.15, 0.2) is 0 Å². The first-order valence-corrected chi connectivity index (χ1v) is 4.63. The average molecular weight is 153 g/mol. The van der Waals surface area contributed by atoms with Crippen LogP contribution in [0.5, 0.6) is 0 Å². The van der Waals surface area contributed by atoms with Crippen LogP contribution in [0.2, 0.25) is 0 Å². The van der Waals surface area contributed by atoms with Crippen LogP contribution in [0.4, 0.5) is 0 Å². The molecule has 1 atom stereocenters. The molecule has 0 spiro atoms. The van der Waals surface area contributed by atoms with Gasteiger partial charge in [-0.3, -0.25) is 0 Å². The molecule has 0 bridgehead atoms. The molecule has 1 nitrogen and oxygen atoms in total. The van der Waals surface area contributed by atoms with E-state index in [1.54, 1.807) is 0 Å². The van der Waals surface area contributed by atoms with Crippen LogP contribution in [0.1, 0.15) is 38.5 Å². The smallest absolute Gasteiger partial charge is 0.123 e. The highest BCUT2D eigenvalue weighted by atomic mass is 16.1. The normalized spacial score (nSPS) is 21.9. The van der Waals surface area contributed by atoms with Gasteiger partial charge in [0.25, 0.3) is 0 Å². The van der Waals surface area contributed by atoms with Gasteiger partial charge in [0.2, 0.25) is 0 Å². The minimum Gasteiger partial charge on any atom is -0.303 e. The summed E-state index contributed by atoms with van der Waals surface area (Å²) in [6.45, 7) is 3.79. The second kappa shape index (κ2) is 4.53. The molecule has 1 fully saturated rings. The highest BCUT2D eigenvalue weighted by Gasteiger charge is 2.23. The van der Waals surface area contributed by atoms with Gasteiger partial charge in [-0.25, -0.2) is 0 Å². The molecule has 1 heteroatoms. The lowest BCUT2D eigenvalue weighted by Crippen LogP contribution is -2.12. The largest absolute Gasteiger partial charge is 0.303 e. The van der Waals surface area contributed by atoms with E-state index in [9.17, 15) is 4.79 Å². The van der Waals surface area contributed by atoms with Crippen molar-refractivity contribution in [2.24, 2.45) is 11.8 Å². The molecule has 0 heterocycles. The third-order valence-electron chi connectivity index (χ3n) is 2.72. The molecule has 0 amide bonds. The maximum atomic E-state index is 10.7. The minimum absolute atomic E-state index is 0.315. The van der Waals surface area contributed by atoms with Crippen LogP contribution >= 0.6 is 0 Å². The van der Waals surface area contributed by atoms with Gasteiger partial charge in [-0.15, -0.1) is 0 Å². The molecule has 63 valence electrons. The number of carbonyl (C=O) groups is 1. The predicted molar refractivity (Wildman–Crippen MR) is 46.1 cm³/mol. The number of hydrogen-bond donors (Lipinski definition) is 0. The summed E-state index contributed by atoms with van der Waals surface area (Å²) in [5.41, 5.74) is 0. The molecule has 1 aliphatic carbocycles. The molecule has 1 saturated carbocycles. The number of carbonyl (C=O) groups excluding carboxylic acids is 1. The zero-order valence-corrected chi connectivity index (χ0v) is 7.09. The quantitative estimate of drug-likeness (QED) is 0.567. The molecule has 1 unspecified atom stereocenters. The van der Waals surface area contributed by atoms with Crippen molar-refractivity contribution in [3.8, 4) is 0 Å². The summed E-state index contributed by atoms with van der Waals surface area (Å²) in [7, 11) is 0. The Balaban J connectivity index is 2.33. The number of hydrogen-bond acceptors (Lipinski definition) is 1. The third kappa shape index (κ3) is 2.32. The molecule has 1 aliphatic rings. The number of aldehydes is 1. The van der Waals surface area contributed by atoms with Crippen LogP contribution in [0.25, 0.3) is 0 Å². The molecule has 0 aromatic carbocycles. The maximum absolute atomic E-state index is 10.7. The zero-order chi connectivity index (χ0) is 8.10. The van der Waals surface area contributed by atoms with Crippen LogP contribution in [0, 0.1) is 18.8 Å². The van der Waals surface area contributed by atoms with E-state index < -0.39 is 0 Å². The summed E-state index contributed by atoms with van der Waals surface area (Å²) in [4.78, 5) is 10.7. The molecule has 1 radical (unpaired) electrons. The van der Waals surface area contributed by atoms with E-state index in [1.165, 1.54) is 25.7 Å². The fourth-order valence-corrected chi connectivity index (χ4v) is 2.04. The average Bonchev–Trinajstić information content (AvgIpc) is 2.52. The highest BCUT2D eigenvalue weighted by molar-refractivity contribution is 5.54. The van der Waals surface area contributed by atoms with Crippen molar-refractivity contribution in [2.75, 3.05) is 0 Å². The summed E-state index contributed by atoms with van der Waals surface area (Å²) in [6, 6.07) is 0. The lowest BCUT2D eigenvalue weighted by atomic mass is 9.89. The van der Waals surface area contributed by atoms with Crippen molar-refractivity contribution in [2.45, 2.75) is 38.5 Å². The van der Waals surface area contributed by atoms with Gasteiger partial charge in [0.05, 0.1) is 0 Å². The van der Waals surface area contributed by atoms with E-state index in [4.69, 9.17) is 0 Å². The van der Waals surface area contributed by atoms with Gasteiger partial charge in [0.1, 0.15) is 6.29 Å². The van der Waals surface area contributed by atoms with Gasteiger partial charge in [-0.05, 0) is 25.2 Å². The van der Waals surface area contributed by atoms with E-state index in [2.05, 4.69) is 6.92 Å². The van der Waals surface area contributed by atoms with Crippen molar-refractivity contribution in [3.05, 3.63) is 6.92 Å². The van der Waals surface area contributed by atoms with E-state index in [1.807, 2.05) is 0 Å². The molecule has 11 heavy (non-hydrogen) atoms. The van der Waals surface area contributed by atoms with Crippen molar-refractivity contribution >= 4 is 6.29 Å². The molecule has 0 N–H and O–H groups in total. The van der Waals surface area contributed by atoms with Crippen molar-refractivity contribution < 1.29 is 4.79 Å². The van der Waals surface area contributed by atoms with Gasteiger partial charge in [-0.1, -0.05) is 26.2 Å². The SMILES string of the molecule is [CH2]CCC(C=O)C1CCCC1. The van der Waals surface area contributed by atoms with Gasteiger partial charge in [-0.2, -0.15) is 0 Å². The van der Waals surface area contributed by atoms with Gasteiger partial charge in [0, 0.05) is 5.92 Å². The summed E-state index contributed by atoms with van der Waals surface area (Å²) in [5, 5.41) is 0. The van der Waals surface area contributed by atoms with Crippen LogP contribution in [-0.2, 0) is 4.79 Å². The fourth-order valence-electron chi connectivity index (χ4n) is 2.04. The second-order valence-electron chi connectivity index (χ2n) is 3.49. The van der Waals surface area contributed by atoms with Crippen LogP contribution in [0.3, 0.4) is 0 Å². The monoisotopic (exact) mass is 153 g/mol. The Morgan fingerprint density at radius 1 is 1.45 bits per heavy atom. The van der Waals surface area contributed by atoms with E-state index in [0.717, 1.165) is 19.1 Å². The summed E-state index contributed by atoms with van der Waals surface area (Å²) in [5.74, 6) is 1.00. The number of rotatable bonds is 4. The standard InChI is InChI=1S/C10H17O/c1-2-5-10(8-11)9-6-3-4-7-9/h8-10H,1-7H2. The van der Waals surface area contributed by atoms with Gasteiger partial charge >= 0.3 is 0 Å².